The minimum atomic E-state index is -0.744. The lowest BCUT2D eigenvalue weighted by Gasteiger charge is -2.10. The highest BCUT2D eigenvalue weighted by Crippen LogP contribution is 2.16. The summed E-state index contributed by atoms with van der Waals surface area (Å²) < 4.78 is 5.08. The summed E-state index contributed by atoms with van der Waals surface area (Å²) in [5.41, 5.74) is 1.32. The summed E-state index contributed by atoms with van der Waals surface area (Å²) in [5.74, 6) is -1.53. The predicted molar refractivity (Wildman–Crippen MR) is 107 cm³/mol. The number of nitrogens with one attached hydrogen (secondary N) is 1. The van der Waals surface area contributed by atoms with Crippen molar-refractivity contribution in [1.82, 2.24) is 0 Å². The van der Waals surface area contributed by atoms with Gasteiger partial charge in [0.05, 0.1) is 5.56 Å². The van der Waals surface area contributed by atoms with Gasteiger partial charge in [-0.1, -0.05) is 60.1 Å². The molecule has 0 aromatic heterocycles. The van der Waals surface area contributed by atoms with E-state index in [0.29, 0.717) is 16.3 Å². The van der Waals surface area contributed by atoms with Crippen LogP contribution in [-0.2, 0) is 9.53 Å². The molecule has 0 bridgehead atoms. The predicted octanol–water partition coefficient (Wildman–Crippen LogP) is 4.37. The van der Waals surface area contributed by atoms with Crippen molar-refractivity contribution in [2.75, 3.05) is 11.9 Å². The van der Waals surface area contributed by atoms with Gasteiger partial charge in [-0.25, -0.2) is 4.79 Å². The highest BCUT2D eigenvalue weighted by molar-refractivity contribution is 6.30. The molecule has 0 atom stereocenters. The Labute approximate surface area is 166 Å². The Morgan fingerprint density at radius 2 is 1.39 bits per heavy atom. The van der Waals surface area contributed by atoms with Crippen LogP contribution in [0.15, 0.2) is 78.9 Å². The number of halogens is 1. The highest BCUT2D eigenvalue weighted by atomic mass is 35.5. The van der Waals surface area contributed by atoms with Crippen molar-refractivity contribution >= 4 is 34.9 Å². The zero-order valence-electron chi connectivity index (χ0n) is 14.7. The third kappa shape index (κ3) is 4.84. The third-order valence-electron chi connectivity index (χ3n) is 3.89. The molecular formula is C22H16ClNO4. The number of benzene rings is 3. The molecule has 0 unspecified atom stereocenters. The first kappa shape index (κ1) is 19.3. The zero-order valence-corrected chi connectivity index (χ0v) is 15.5. The van der Waals surface area contributed by atoms with Crippen LogP contribution < -0.4 is 5.32 Å². The third-order valence-corrected chi connectivity index (χ3v) is 4.14. The average Bonchev–Trinajstić information content (AvgIpc) is 2.74. The summed E-state index contributed by atoms with van der Waals surface area (Å²) in [7, 11) is 0. The monoisotopic (exact) mass is 393 g/mol. The van der Waals surface area contributed by atoms with Gasteiger partial charge >= 0.3 is 5.97 Å². The summed E-state index contributed by atoms with van der Waals surface area (Å²) >= 11 is 5.79. The number of hydrogen-bond acceptors (Lipinski definition) is 4. The number of carbonyl (C=O) groups is 3. The molecule has 1 amide bonds. The Hall–Kier alpha value is -3.44. The molecule has 0 saturated heterocycles. The molecular weight excluding hydrogens is 378 g/mol. The quantitative estimate of drug-likeness (QED) is 0.498. The molecule has 0 aliphatic rings. The van der Waals surface area contributed by atoms with Gasteiger partial charge in [0.25, 0.3) is 5.91 Å². The summed E-state index contributed by atoms with van der Waals surface area (Å²) in [6.07, 6.45) is 0. The number of anilines is 1. The number of amides is 1. The molecule has 1 N–H and O–H groups in total. The maximum atomic E-state index is 12.7. The van der Waals surface area contributed by atoms with Gasteiger partial charge < -0.3 is 10.1 Å². The van der Waals surface area contributed by atoms with Gasteiger partial charge in [-0.2, -0.15) is 0 Å². The largest absolute Gasteiger partial charge is 0.452 e. The van der Waals surface area contributed by atoms with Crippen molar-refractivity contribution in [3.8, 4) is 0 Å². The van der Waals surface area contributed by atoms with Crippen LogP contribution in [0.4, 0.5) is 5.69 Å². The van der Waals surface area contributed by atoms with E-state index in [-0.39, 0.29) is 16.9 Å². The van der Waals surface area contributed by atoms with Crippen LogP contribution in [0.5, 0.6) is 0 Å². The van der Waals surface area contributed by atoms with Gasteiger partial charge in [-0.05, 0) is 30.3 Å². The smallest absolute Gasteiger partial charge is 0.339 e. The second kappa shape index (κ2) is 8.97. The Kier molecular flexibility index (Phi) is 6.19. The van der Waals surface area contributed by atoms with Crippen molar-refractivity contribution in [3.63, 3.8) is 0 Å². The van der Waals surface area contributed by atoms with E-state index in [1.54, 1.807) is 72.8 Å². The first-order chi connectivity index (χ1) is 13.5. The number of carbonyl (C=O) groups excluding carboxylic acids is 3. The van der Waals surface area contributed by atoms with Crippen LogP contribution >= 0.6 is 11.6 Å². The van der Waals surface area contributed by atoms with Crippen molar-refractivity contribution in [2.24, 2.45) is 0 Å². The normalized spacial score (nSPS) is 10.2. The fourth-order valence-electron chi connectivity index (χ4n) is 2.54. The maximum absolute atomic E-state index is 12.7. The van der Waals surface area contributed by atoms with E-state index in [2.05, 4.69) is 5.32 Å². The van der Waals surface area contributed by atoms with Gasteiger partial charge in [-0.15, -0.1) is 0 Å². The molecule has 5 nitrogen and oxygen atoms in total. The number of ketones is 1. The molecule has 3 aromatic carbocycles. The summed E-state index contributed by atoms with van der Waals surface area (Å²) in [5, 5.41) is 3.14. The first-order valence-electron chi connectivity index (χ1n) is 8.46. The van der Waals surface area contributed by atoms with Crippen LogP contribution in [0.25, 0.3) is 0 Å². The van der Waals surface area contributed by atoms with Gasteiger partial charge in [0.1, 0.15) is 0 Å². The lowest BCUT2D eigenvalue weighted by molar-refractivity contribution is -0.119. The molecule has 3 aromatic rings. The molecule has 3 rings (SSSR count). The van der Waals surface area contributed by atoms with E-state index >= 15 is 0 Å². The SMILES string of the molecule is O=C(COC(=O)c1ccccc1C(=O)c1ccccc1)Nc1ccc(Cl)cc1. The Bertz CT molecular complexity index is 1000. The Morgan fingerprint density at radius 1 is 0.786 bits per heavy atom. The summed E-state index contributed by atoms with van der Waals surface area (Å²) in [6.45, 7) is -0.477. The molecule has 6 heteroatoms. The Morgan fingerprint density at radius 3 is 2.07 bits per heavy atom. The van der Waals surface area contributed by atoms with E-state index in [4.69, 9.17) is 16.3 Å². The maximum Gasteiger partial charge on any atom is 0.339 e. The van der Waals surface area contributed by atoms with Gasteiger partial charge in [-0.3, -0.25) is 9.59 Å². The molecule has 0 aliphatic carbocycles. The van der Waals surface area contributed by atoms with Crippen LogP contribution in [0.3, 0.4) is 0 Å². The van der Waals surface area contributed by atoms with Crippen molar-refractivity contribution in [2.45, 2.75) is 0 Å². The second-order valence-corrected chi connectivity index (χ2v) is 6.31. The van der Waals surface area contributed by atoms with Gasteiger partial charge in [0.15, 0.2) is 12.4 Å². The van der Waals surface area contributed by atoms with E-state index < -0.39 is 18.5 Å². The van der Waals surface area contributed by atoms with E-state index in [0.717, 1.165) is 0 Å². The number of rotatable bonds is 6. The van der Waals surface area contributed by atoms with E-state index in [1.165, 1.54) is 6.07 Å². The van der Waals surface area contributed by atoms with E-state index in [9.17, 15) is 14.4 Å². The molecule has 0 spiro atoms. The fraction of sp³-hybridized carbons (Fsp3) is 0.0455. The van der Waals surface area contributed by atoms with Gasteiger partial charge in [0, 0.05) is 21.8 Å². The number of hydrogen-bond donors (Lipinski definition) is 1. The zero-order chi connectivity index (χ0) is 19.9. The van der Waals surface area contributed by atoms with Crippen LogP contribution in [0.2, 0.25) is 5.02 Å². The van der Waals surface area contributed by atoms with Crippen molar-refractivity contribution < 1.29 is 19.1 Å². The molecule has 140 valence electrons. The van der Waals surface area contributed by atoms with Gasteiger partial charge in [0.2, 0.25) is 0 Å². The standard InChI is InChI=1S/C22H16ClNO4/c23-16-10-12-17(13-11-16)24-20(25)14-28-22(27)19-9-5-4-8-18(19)21(26)15-6-2-1-3-7-15/h1-13H,14H2,(H,24,25). The molecule has 0 radical (unpaired) electrons. The lowest BCUT2D eigenvalue weighted by Crippen LogP contribution is -2.22. The van der Waals surface area contributed by atoms with Crippen LogP contribution in [-0.4, -0.2) is 24.3 Å². The van der Waals surface area contributed by atoms with E-state index in [1.807, 2.05) is 0 Å². The molecule has 0 fully saturated rings. The fourth-order valence-corrected chi connectivity index (χ4v) is 2.67. The summed E-state index contributed by atoms with van der Waals surface area (Å²) in [6, 6.07) is 21.5. The average molecular weight is 394 g/mol. The van der Waals surface area contributed by atoms with Crippen LogP contribution in [0.1, 0.15) is 26.3 Å². The van der Waals surface area contributed by atoms with Crippen LogP contribution in [0, 0.1) is 0 Å². The minimum absolute atomic E-state index is 0.107. The topological polar surface area (TPSA) is 72.5 Å². The van der Waals surface area contributed by atoms with Crippen molar-refractivity contribution in [3.05, 3.63) is 101 Å². The number of esters is 1. The highest BCUT2D eigenvalue weighted by Gasteiger charge is 2.19. The Balaban J connectivity index is 1.67. The lowest BCUT2D eigenvalue weighted by atomic mass is 9.98. The molecule has 28 heavy (non-hydrogen) atoms. The molecule has 0 aliphatic heterocycles. The molecule has 0 heterocycles. The summed E-state index contributed by atoms with van der Waals surface area (Å²) in [4.78, 5) is 37.1. The first-order valence-corrected chi connectivity index (χ1v) is 8.84. The molecule has 0 saturated carbocycles. The number of ether oxygens (including phenoxy) is 1. The van der Waals surface area contributed by atoms with Crippen molar-refractivity contribution in [1.29, 1.82) is 0 Å². The minimum Gasteiger partial charge on any atom is -0.452 e. The second-order valence-electron chi connectivity index (χ2n) is 5.87.